The fourth-order valence-corrected chi connectivity index (χ4v) is 3.48. The number of rotatable bonds is 8. The van der Waals surface area contributed by atoms with E-state index in [1.807, 2.05) is 37.1 Å². The van der Waals surface area contributed by atoms with Crippen molar-refractivity contribution in [1.29, 1.82) is 0 Å². The van der Waals surface area contributed by atoms with E-state index in [1.165, 1.54) is 19.3 Å². The molecule has 0 bridgehead atoms. The lowest BCUT2D eigenvalue weighted by Gasteiger charge is -2.30. The summed E-state index contributed by atoms with van der Waals surface area (Å²) in [5.41, 5.74) is 1.10. The van der Waals surface area contributed by atoms with Crippen molar-refractivity contribution in [2.24, 2.45) is 5.92 Å². The van der Waals surface area contributed by atoms with Crippen molar-refractivity contribution in [2.45, 2.75) is 52.1 Å². The second-order valence-electron chi connectivity index (χ2n) is 7.03. The number of benzene rings is 1. The normalized spacial score (nSPS) is 20.4. The van der Waals surface area contributed by atoms with Crippen LogP contribution in [0.2, 0.25) is 0 Å². The molecule has 0 aromatic heterocycles. The summed E-state index contributed by atoms with van der Waals surface area (Å²) in [5, 5.41) is 3.21. The van der Waals surface area contributed by atoms with E-state index in [0.717, 1.165) is 23.5 Å². The Labute approximate surface area is 151 Å². The van der Waals surface area contributed by atoms with Crippen molar-refractivity contribution in [3.63, 3.8) is 0 Å². The molecule has 0 radical (unpaired) electrons. The Balaban J connectivity index is 1.86. The van der Waals surface area contributed by atoms with Crippen LogP contribution in [0.3, 0.4) is 0 Å². The molecule has 1 saturated carbocycles. The van der Waals surface area contributed by atoms with Gasteiger partial charge in [0.15, 0.2) is 11.5 Å². The first-order valence-electron chi connectivity index (χ1n) is 9.31. The highest BCUT2D eigenvalue weighted by Gasteiger charge is 2.23. The summed E-state index contributed by atoms with van der Waals surface area (Å²) in [6, 6.07) is 6.25. The van der Waals surface area contributed by atoms with Crippen molar-refractivity contribution in [1.82, 2.24) is 10.2 Å². The number of nitrogens with zero attached hydrogens (tertiary/aromatic N) is 1. The molecule has 5 heteroatoms. The van der Waals surface area contributed by atoms with E-state index in [0.29, 0.717) is 31.7 Å². The fraction of sp³-hybridized carbons (Fsp3) is 0.650. The highest BCUT2D eigenvalue weighted by molar-refractivity contribution is 5.78. The van der Waals surface area contributed by atoms with Crippen molar-refractivity contribution in [2.75, 3.05) is 27.3 Å². The van der Waals surface area contributed by atoms with Crippen molar-refractivity contribution in [3.8, 4) is 11.5 Å². The van der Waals surface area contributed by atoms with Crippen LogP contribution in [0.4, 0.5) is 0 Å². The van der Waals surface area contributed by atoms with Gasteiger partial charge in [-0.05, 0) is 50.4 Å². The average molecular weight is 348 g/mol. The van der Waals surface area contributed by atoms with Gasteiger partial charge < -0.3 is 14.8 Å². The minimum Gasteiger partial charge on any atom is -0.493 e. The number of methoxy groups -OCH3 is 1. The van der Waals surface area contributed by atoms with Gasteiger partial charge in [-0.25, -0.2) is 0 Å². The molecule has 25 heavy (non-hydrogen) atoms. The number of nitrogens with one attached hydrogen (secondary N) is 1. The second kappa shape index (κ2) is 9.66. The van der Waals surface area contributed by atoms with Crippen LogP contribution < -0.4 is 14.8 Å². The van der Waals surface area contributed by atoms with Crippen molar-refractivity contribution < 1.29 is 14.3 Å². The van der Waals surface area contributed by atoms with Crippen LogP contribution in [0.15, 0.2) is 18.2 Å². The first-order chi connectivity index (χ1) is 12.0. The maximum absolute atomic E-state index is 12.3. The van der Waals surface area contributed by atoms with Gasteiger partial charge in [0.05, 0.1) is 20.3 Å². The molecule has 0 heterocycles. The molecule has 0 spiro atoms. The molecule has 0 saturated heterocycles. The lowest BCUT2D eigenvalue weighted by Crippen LogP contribution is -2.44. The van der Waals surface area contributed by atoms with E-state index in [-0.39, 0.29) is 5.91 Å². The Kier molecular flexibility index (Phi) is 7.56. The van der Waals surface area contributed by atoms with E-state index in [4.69, 9.17) is 9.47 Å². The Bertz CT molecular complexity index is 562. The summed E-state index contributed by atoms with van der Waals surface area (Å²) in [7, 11) is 3.61. The van der Waals surface area contributed by atoms with Gasteiger partial charge in [0.2, 0.25) is 5.91 Å². The summed E-state index contributed by atoms with van der Waals surface area (Å²) < 4.78 is 10.9. The van der Waals surface area contributed by atoms with E-state index in [9.17, 15) is 4.79 Å². The van der Waals surface area contributed by atoms with E-state index in [1.54, 1.807) is 7.11 Å². The first-order valence-corrected chi connectivity index (χ1v) is 9.31. The largest absolute Gasteiger partial charge is 0.493 e. The SMILES string of the molecule is CCOc1ccc(CN(C)CC(=O)N[C@H]2CCCC[C@@H]2C)cc1OC. The van der Waals surface area contributed by atoms with Crippen molar-refractivity contribution in [3.05, 3.63) is 23.8 Å². The molecule has 2 rings (SSSR count). The Morgan fingerprint density at radius 3 is 2.72 bits per heavy atom. The summed E-state index contributed by atoms with van der Waals surface area (Å²) >= 11 is 0. The maximum Gasteiger partial charge on any atom is 0.234 e. The van der Waals surface area contributed by atoms with E-state index >= 15 is 0 Å². The number of carbonyl (C=O) groups excluding carboxylic acids is 1. The molecule has 5 nitrogen and oxygen atoms in total. The van der Waals surface area contributed by atoms with Crippen LogP contribution in [-0.2, 0) is 11.3 Å². The zero-order valence-electron chi connectivity index (χ0n) is 16.0. The number of hydrogen-bond donors (Lipinski definition) is 1. The number of carbonyl (C=O) groups is 1. The summed E-state index contributed by atoms with van der Waals surface area (Å²) in [4.78, 5) is 14.3. The minimum absolute atomic E-state index is 0.110. The molecular formula is C20H32N2O3. The molecule has 1 aromatic carbocycles. The number of amides is 1. The quantitative estimate of drug-likeness (QED) is 0.784. The van der Waals surface area contributed by atoms with Crippen LogP contribution >= 0.6 is 0 Å². The van der Waals surface area contributed by atoms with Crippen LogP contribution in [0.25, 0.3) is 0 Å². The molecule has 140 valence electrons. The molecule has 1 aliphatic rings. The van der Waals surface area contributed by atoms with Crippen LogP contribution in [0, 0.1) is 5.92 Å². The predicted molar refractivity (Wildman–Crippen MR) is 100 cm³/mol. The third kappa shape index (κ3) is 5.92. The van der Waals surface area contributed by atoms with Gasteiger partial charge in [-0.3, -0.25) is 9.69 Å². The van der Waals surface area contributed by atoms with Gasteiger partial charge >= 0.3 is 0 Å². The van der Waals surface area contributed by atoms with Crippen molar-refractivity contribution >= 4 is 5.91 Å². The predicted octanol–water partition coefficient (Wildman–Crippen LogP) is 3.22. The third-order valence-electron chi connectivity index (χ3n) is 4.85. The molecule has 2 atom stereocenters. The van der Waals surface area contributed by atoms with Gasteiger partial charge in [0.1, 0.15) is 0 Å². The minimum atomic E-state index is 0.110. The van der Waals surface area contributed by atoms with Gasteiger partial charge in [-0.1, -0.05) is 25.8 Å². The fourth-order valence-electron chi connectivity index (χ4n) is 3.48. The van der Waals surface area contributed by atoms with Gasteiger partial charge in [0.25, 0.3) is 0 Å². The topological polar surface area (TPSA) is 50.8 Å². The first kappa shape index (κ1) is 19.6. The van der Waals surface area contributed by atoms with Crippen LogP contribution in [0.1, 0.15) is 45.1 Å². The molecular weight excluding hydrogens is 316 g/mol. The van der Waals surface area contributed by atoms with Crippen LogP contribution in [0.5, 0.6) is 11.5 Å². The zero-order valence-corrected chi connectivity index (χ0v) is 16.0. The Morgan fingerprint density at radius 1 is 1.28 bits per heavy atom. The molecule has 0 unspecified atom stereocenters. The third-order valence-corrected chi connectivity index (χ3v) is 4.85. The summed E-state index contributed by atoms with van der Waals surface area (Å²) in [6.45, 7) is 5.89. The number of ether oxygens (including phenoxy) is 2. The molecule has 1 amide bonds. The van der Waals surface area contributed by atoms with E-state index in [2.05, 4.69) is 12.2 Å². The second-order valence-corrected chi connectivity index (χ2v) is 7.03. The monoisotopic (exact) mass is 348 g/mol. The van der Waals surface area contributed by atoms with Gasteiger partial charge in [-0.15, -0.1) is 0 Å². The van der Waals surface area contributed by atoms with E-state index < -0.39 is 0 Å². The maximum atomic E-state index is 12.3. The van der Waals surface area contributed by atoms with Crippen LogP contribution in [-0.4, -0.2) is 44.2 Å². The smallest absolute Gasteiger partial charge is 0.234 e. The standard InChI is InChI=1S/C20H32N2O3/c1-5-25-18-11-10-16(12-19(18)24-4)13-22(3)14-20(23)21-17-9-7-6-8-15(17)2/h10-12,15,17H,5-9,13-14H2,1-4H3,(H,21,23)/t15-,17-/m0/s1. The Hall–Kier alpha value is -1.75. The Morgan fingerprint density at radius 2 is 2.04 bits per heavy atom. The molecule has 1 aromatic rings. The molecule has 0 aliphatic heterocycles. The summed E-state index contributed by atoms with van der Waals surface area (Å²) in [6.07, 6.45) is 4.82. The molecule has 1 fully saturated rings. The lowest BCUT2D eigenvalue weighted by atomic mass is 9.86. The molecule has 1 aliphatic carbocycles. The number of likely N-dealkylation sites (N-methyl/N-ethyl adjacent to an activating group) is 1. The summed E-state index contributed by atoms with van der Waals surface area (Å²) in [5.74, 6) is 2.17. The highest BCUT2D eigenvalue weighted by Crippen LogP contribution is 2.28. The number of hydrogen-bond acceptors (Lipinski definition) is 4. The highest BCUT2D eigenvalue weighted by atomic mass is 16.5. The van der Waals surface area contributed by atoms with Gasteiger partial charge in [-0.2, -0.15) is 0 Å². The molecule has 1 N–H and O–H groups in total. The zero-order chi connectivity index (χ0) is 18.2. The lowest BCUT2D eigenvalue weighted by molar-refractivity contribution is -0.123. The van der Waals surface area contributed by atoms with Gasteiger partial charge in [0, 0.05) is 12.6 Å². The average Bonchev–Trinajstić information content (AvgIpc) is 2.58.